The van der Waals surface area contributed by atoms with Gasteiger partial charge in [-0.1, -0.05) is 6.92 Å². The van der Waals surface area contributed by atoms with Crippen molar-refractivity contribution in [1.82, 2.24) is 14.9 Å². The fraction of sp³-hybridized carbons (Fsp3) is 0.692. The molecule has 2 heterocycles. The van der Waals surface area contributed by atoms with Crippen LogP contribution in [0.2, 0.25) is 0 Å². The molecule has 0 aromatic carbocycles. The SMILES string of the molecule is CCN1CCN(c2cc(NC)nc(C)n2)CC1C. The maximum Gasteiger partial charge on any atom is 0.134 e. The van der Waals surface area contributed by atoms with Crippen LogP contribution in [-0.2, 0) is 0 Å². The number of hydrogen-bond acceptors (Lipinski definition) is 5. The molecule has 0 spiro atoms. The van der Waals surface area contributed by atoms with E-state index in [9.17, 15) is 0 Å². The number of anilines is 2. The van der Waals surface area contributed by atoms with Crippen LogP contribution in [0.5, 0.6) is 0 Å². The second kappa shape index (κ2) is 5.52. The summed E-state index contributed by atoms with van der Waals surface area (Å²) in [7, 11) is 1.89. The Kier molecular flexibility index (Phi) is 4.01. The number of nitrogens with one attached hydrogen (secondary N) is 1. The molecule has 1 aliphatic heterocycles. The van der Waals surface area contributed by atoms with Crippen LogP contribution >= 0.6 is 0 Å². The van der Waals surface area contributed by atoms with Gasteiger partial charge in [-0.3, -0.25) is 4.90 Å². The second-order valence-electron chi connectivity index (χ2n) is 4.83. The van der Waals surface area contributed by atoms with Crippen LogP contribution < -0.4 is 10.2 Å². The lowest BCUT2D eigenvalue weighted by atomic mass is 10.2. The van der Waals surface area contributed by atoms with E-state index in [1.807, 2.05) is 20.0 Å². The Balaban J connectivity index is 2.15. The van der Waals surface area contributed by atoms with Crippen LogP contribution in [0.4, 0.5) is 11.6 Å². The van der Waals surface area contributed by atoms with Crippen molar-refractivity contribution in [2.24, 2.45) is 0 Å². The summed E-state index contributed by atoms with van der Waals surface area (Å²) in [6, 6.07) is 2.61. The van der Waals surface area contributed by atoms with E-state index in [2.05, 4.69) is 38.9 Å². The molecule has 1 saturated heterocycles. The molecule has 1 N–H and O–H groups in total. The van der Waals surface area contributed by atoms with Gasteiger partial charge >= 0.3 is 0 Å². The summed E-state index contributed by atoms with van der Waals surface area (Å²) in [5.74, 6) is 2.75. The molecule has 1 atom stereocenters. The molecular weight excluding hydrogens is 226 g/mol. The van der Waals surface area contributed by atoms with Gasteiger partial charge in [-0.05, 0) is 20.4 Å². The topological polar surface area (TPSA) is 44.3 Å². The molecule has 1 fully saturated rings. The summed E-state index contributed by atoms with van der Waals surface area (Å²) in [5, 5.41) is 3.09. The van der Waals surface area contributed by atoms with E-state index in [-0.39, 0.29) is 0 Å². The second-order valence-corrected chi connectivity index (χ2v) is 4.83. The van der Waals surface area contributed by atoms with Crippen molar-refractivity contribution in [2.75, 3.05) is 43.4 Å². The molecule has 0 bridgehead atoms. The molecular formula is C13H23N5. The summed E-state index contributed by atoms with van der Waals surface area (Å²) in [6.07, 6.45) is 0. The quantitative estimate of drug-likeness (QED) is 0.876. The number of rotatable bonds is 3. The highest BCUT2D eigenvalue weighted by atomic mass is 15.3. The van der Waals surface area contributed by atoms with Crippen molar-refractivity contribution in [3.05, 3.63) is 11.9 Å². The zero-order valence-electron chi connectivity index (χ0n) is 11.8. The molecule has 2 rings (SSSR count). The van der Waals surface area contributed by atoms with E-state index < -0.39 is 0 Å². The lowest BCUT2D eigenvalue weighted by Gasteiger charge is -2.40. The third-order valence-corrected chi connectivity index (χ3v) is 3.58. The fourth-order valence-electron chi connectivity index (χ4n) is 2.52. The van der Waals surface area contributed by atoms with E-state index in [0.29, 0.717) is 6.04 Å². The lowest BCUT2D eigenvalue weighted by Crippen LogP contribution is -2.52. The summed E-state index contributed by atoms with van der Waals surface area (Å²) in [6.45, 7) is 10.7. The fourth-order valence-corrected chi connectivity index (χ4v) is 2.52. The van der Waals surface area contributed by atoms with Gasteiger partial charge < -0.3 is 10.2 Å². The van der Waals surface area contributed by atoms with Gasteiger partial charge in [-0.25, -0.2) is 9.97 Å². The highest BCUT2D eigenvalue weighted by Crippen LogP contribution is 2.19. The van der Waals surface area contributed by atoms with Crippen molar-refractivity contribution < 1.29 is 0 Å². The number of aromatic nitrogens is 2. The van der Waals surface area contributed by atoms with Crippen molar-refractivity contribution in [3.8, 4) is 0 Å². The van der Waals surface area contributed by atoms with Gasteiger partial charge in [0, 0.05) is 38.8 Å². The van der Waals surface area contributed by atoms with Crippen molar-refractivity contribution in [1.29, 1.82) is 0 Å². The van der Waals surface area contributed by atoms with Crippen LogP contribution in [0.25, 0.3) is 0 Å². The smallest absolute Gasteiger partial charge is 0.134 e. The molecule has 5 heteroatoms. The van der Waals surface area contributed by atoms with Gasteiger partial charge in [0.15, 0.2) is 0 Å². The molecule has 18 heavy (non-hydrogen) atoms. The number of likely N-dealkylation sites (N-methyl/N-ethyl adjacent to an activating group) is 1. The predicted octanol–water partition coefficient (Wildman–Crippen LogP) is 1.36. The minimum absolute atomic E-state index is 0.581. The largest absolute Gasteiger partial charge is 0.373 e. The zero-order valence-corrected chi connectivity index (χ0v) is 11.8. The third-order valence-electron chi connectivity index (χ3n) is 3.58. The normalized spacial score (nSPS) is 21.1. The van der Waals surface area contributed by atoms with Crippen LogP contribution in [0.3, 0.4) is 0 Å². The minimum atomic E-state index is 0.581. The first-order valence-electron chi connectivity index (χ1n) is 6.66. The molecule has 0 saturated carbocycles. The maximum absolute atomic E-state index is 4.55. The van der Waals surface area contributed by atoms with Gasteiger partial charge in [0.1, 0.15) is 17.5 Å². The molecule has 0 radical (unpaired) electrons. The molecule has 1 aromatic rings. The molecule has 0 aliphatic carbocycles. The van der Waals surface area contributed by atoms with Crippen LogP contribution in [0.15, 0.2) is 6.07 Å². The molecule has 0 amide bonds. The average molecular weight is 249 g/mol. The highest BCUT2D eigenvalue weighted by molar-refractivity contribution is 5.49. The van der Waals surface area contributed by atoms with Crippen LogP contribution in [0.1, 0.15) is 19.7 Å². The number of aryl methyl sites for hydroxylation is 1. The minimum Gasteiger partial charge on any atom is -0.373 e. The Hall–Kier alpha value is -1.36. The summed E-state index contributed by atoms with van der Waals surface area (Å²) >= 11 is 0. The van der Waals surface area contributed by atoms with Crippen LogP contribution in [0, 0.1) is 6.92 Å². The maximum atomic E-state index is 4.55. The summed E-state index contributed by atoms with van der Waals surface area (Å²) < 4.78 is 0. The third kappa shape index (κ3) is 2.72. The predicted molar refractivity (Wildman–Crippen MR) is 75.2 cm³/mol. The van der Waals surface area contributed by atoms with Gasteiger partial charge in [0.25, 0.3) is 0 Å². The number of nitrogens with zero attached hydrogens (tertiary/aromatic N) is 4. The molecule has 1 unspecified atom stereocenters. The van der Waals surface area contributed by atoms with Gasteiger partial charge in [-0.15, -0.1) is 0 Å². The summed E-state index contributed by atoms with van der Waals surface area (Å²) in [5.41, 5.74) is 0. The Morgan fingerprint density at radius 1 is 1.39 bits per heavy atom. The first-order valence-corrected chi connectivity index (χ1v) is 6.66. The standard InChI is InChI=1S/C13H23N5/c1-5-17-6-7-18(9-10(17)2)13-8-12(14-4)15-11(3)16-13/h8,10H,5-7,9H2,1-4H3,(H,14,15,16). The van der Waals surface area contributed by atoms with E-state index in [1.165, 1.54) is 0 Å². The lowest BCUT2D eigenvalue weighted by molar-refractivity contribution is 0.199. The first-order chi connectivity index (χ1) is 8.63. The molecule has 5 nitrogen and oxygen atoms in total. The Morgan fingerprint density at radius 2 is 2.17 bits per heavy atom. The monoisotopic (exact) mass is 249 g/mol. The van der Waals surface area contributed by atoms with Crippen molar-refractivity contribution in [3.63, 3.8) is 0 Å². The number of piperazine rings is 1. The molecule has 100 valence electrons. The zero-order chi connectivity index (χ0) is 13.1. The van der Waals surface area contributed by atoms with Crippen molar-refractivity contribution >= 4 is 11.6 Å². The first kappa shape index (κ1) is 13.1. The Bertz CT molecular complexity index is 406. The highest BCUT2D eigenvalue weighted by Gasteiger charge is 2.23. The molecule has 1 aliphatic rings. The average Bonchev–Trinajstić information content (AvgIpc) is 2.37. The van der Waals surface area contributed by atoms with Crippen molar-refractivity contribution in [2.45, 2.75) is 26.8 Å². The Labute approximate surface area is 109 Å². The van der Waals surface area contributed by atoms with E-state index in [0.717, 1.165) is 43.6 Å². The Morgan fingerprint density at radius 3 is 2.78 bits per heavy atom. The molecule has 1 aromatic heterocycles. The number of hydrogen-bond donors (Lipinski definition) is 1. The van der Waals surface area contributed by atoms with E-state index >= 15 is 0 Å². The van der Waals surface area contributed by atoms with Crippen LogP contribution in [-0.4, -0.2) is 54.1 Å². The summed E-state index contributed by atoms with van der Waals surface area (Å²) in [4.78, 5) is 13.7. The van der Waals surface area contributed by atoms with E-state index in [1.54, 1.807) is 0 Å². The van der Waals surface area contributed by atoms with E-state index in [4.69, 9.17) is 0 Å². The van der Waals surface area contributed by atoms with Gasteiger partial charge in [0.2, 0.25) is 0 Å². The van der Waals surface area contributed by atoms with Gasteiger partial charge in [-0.2, -0.15) is 0 Å². The van der Waals surface area contributed by atoms with Gasteiger partial charge in [0.05, 0.1) is 0 Å².